The number of hydrogen-bond acceptors (Lipinski definition) is 4. The fourth-order valence-electron chi connectivity index (χ4n) is 3.25. The summed E-state index contributed by atoms with van der Waals surface area (Å²) in [6, 6.07) is 1.81. The van der Waals surface area contributed by atoms with Crippen molar-refractivity contribution < 1.29 is 15.0 Å². The van der Waals surface area contributed by atoms with E-state index in [0.717, 1.165) is 19.4 Å². The first kappa shape index (κ1) is 13.6. The minimum absolute atomic E-state index is 0.00356. The fraction of sp³-hybridized carbons (Fsp3) is 0.533. The molecule has 3 rings (SSSR count). The van der Waals surface area contributed by atoms with E-state index in [1.165, 1.54) is 11.3 Å². The van der Waals surface area contributed by atoms with Gasteiger partial charge in [-0.3, -0.25) is 4.79 Å². The van der Waals surface area contributed by atoms with E-state index in [2.05, 4.69) is 11.8 Å². The molecule has 106 valence electrons. The predicted octanol–water partition coefficient (Wildman–Crippen LogP) is 0.935. The molecule has 5 heteroatoms. The fourth-order valence-corrected chi connectivity index (χ4v) is 4.07. The van der Waals surface area contributed by atoms with Gasteiger partial charge >= 0.3 is 0 Å². The van der Waals surface area contributed by atoms with Gasteiger partial charge in [0.05, 0.1) is 6.10 Å². The van der Waals surface area contributed by atoms with Crippen LogP contribution in [0.15, 0.2) is 11.4 Å². The number of aliphatic hydroxyl groups is 2. The van der Waals surface area contributed by atoms with Gasteiger partial charge in [-0.15, -0.1) is 11.3 Å². The topological polar surface area (TPSA) is 60.8 Å². The van der Waals surface area contributed by atoms with Gasteiger partial charge in [-0.2, -0.15) is 0 Å². The lowest BCUT2D eigenvalue weighted by Gasteiger charge is -2.17. The van der Waals surface area contributed by atoms with Crippen molar-refractivity contribution in [2.75, 3.05) is 19.7 Å². The molecule has 2 fully saturated rings. The van der Waals surface area contributed by atoms with Gasteiger partial charge in [-0.1, -0.05) is 11.8 Å². The molecule has 0 aromatic carbocycles. The van der Waals surface area contributed by atoms with E-state index in [0.29, 0.717) is 22.9 Å². The normalized spacial score (nSPS) is 28.1. The lowest BCUT2D eigenvalue weighted by atomic mass is 10.00. The summed E-state index contributed by atoms with van der Waals surface area (Å²) in [7, 11) is 0. The molecule has 0 bridgehead atoms. The standard InChI is InChI=1S/C15H17NO3S/c17-6-1-2-10-5-7-20-14(10)15(19)16-8-11-3-4-13(18)12(11)9-16/h5,7,11-13,17-18H,3-4,6,8-9H2. The van der Waals surface area contributed by atoms with E-state index in [1.54, 1.807) is 0 Å². The molecule has 1 amide bonds. The molecule has 0 spiro atoms. The van der Waals surface area contributed by atoms with Crippen LogP contribution in [0.2, 0.25) is 0 Å². The Morgan fingerprint density at radius 3 is 3.05 bits per heavy atom. The molecule has 2 heterocycles. The van der Waals surface area contributed by atoms with Crippen molar-refractivity contribution in [2.24, 2.45) is 11.8 Å². The molecule has 2 N–H and O–H groups in total. The number of fused-ring (bicyclic) bond motifs is 1. The number of carbonyl (C=O) groups excluding carboxylic acids is 1. The summed E-state index contributed by atoms with van der Waals surface area (Å²) in [5.41, 5.74) is 0.687. The van der Waals surface area contributed by atoms with Crippen molar-refractivity contribution in [2.45, 2.75) is 18.9 Å². The van der Waals surface area contributed by atoms with Gasteiger partial charge in [0.15, 0.2) is 0 Å². The van der Waals surface area contributed by atoms with Crippen molar-refractivity contribution in [3.05, 3.63) is 21.9 Å². The molecular weight excluding hydrogens is 274 g/mol. The maximum atomic E-state index is 12.6. The number of aliphatic hydroxyl groups excluding tert-OH is 2. The lowest BCUT2D eigenvalue weighted by Crippen LogP contribution is -2.30. The van der Waals surface area contributed by atoms with Crippen LogP contribution >= 0.6 is 11.3 Å². The van der Waals surface area contributed by atoms with E-state index in [9.17, 15) is 9.90 Å². The maximum absolute atomic E-state index is 12.6. The highest BCUT2D eigenvalue weighted by Crippen LogP contribution is 2.38. The average Bonchev–Trinajstić information content (AvgIpc) is 3.13. The number of amides is 1. The van der Waals surface area contributed by atoms with Crippen molar-refractivity contribution in [1.82, 2.24) is 4.90 Å². The Balaban J connectivity index is 1.76. The Hall–Kier alpha value is -1.35. The Morgan fingerprint density at radius 1 is 1.45 bits per heavy atom. The molecule has 1 saturated carbocycles. The minimum Gasteiger partial charge on any atom is -0.393 e. The molecule has 20 heavy (non-hydrogen) atoms. The Labute approximate surface area is 122 Å². The molecule has 3 unspecified atom stereocenters. The largest absolute Gasteiger partial charge is 0.393 e. The quantitative estimate of drug-likeness (QED) is 0.757. The van der Waals surface area contributed by atoms with Gasteiger partial charge in [0.1, 0.15) is 11.5 Å². The third-order valence-electron chi connectivity index (χ3n) is 4.27. The predicted molar refractivity (Wildman–Crippen MR) is 76.4 cm³/mol. The van der Waals surface area contributed by atoms with E-state index in [1.807, 2.05) is 16.3 Å². The molecule has 4 nitrogen and oxygen atoms in total. The maximum Gasteiger partial charge on any atom is 0.265 e. The zero-order chi connectivity index (χ0) is 14.1. The van der Waals surface area contributed by atoms with Gasteiger partial charge in [-0.05, 0) is 30.2 Å². The van der Waals surface area contributed by atoms with Crippen LogP contribution in [0.1, 0.15) is 28.1 Å². The van der Waals surface area contributed by atoms with Crippen LogP contribution in [-0.4, -0.2) is 46.8 Å². The highest BCUT2D eigenvalue weighted by Gasteiger charge is 2.43. The monoisotopic (exact) mass is 291 g/mol. The van der Waals surface area contributed by atoms with Crippen LogP contribution in [0, 0.1) is 23.7 Å². The zero-order valence-electron chi connectivity index (χ0n) is 11.1. The lowest BCUT2D eigenvalue weighted by molar-refractivity contribution is 0.0757. The van der Waals surface area contributed by atoms with Crippen LogP contribution in [0.5, 0.6) is 0 Å². The first-order valence-corrected chi connectivity index (χ1v) is 7.73. The summed E-state index contributed by atoms with van der Waals surface area (Å²) in [4.78, 5) is 15.0. The Bertz CT molecular complexity index is 571. The molecular formula is C15H17NO3S. The van der Waals surface area contributed by atoms with Crippen molar-refractivity contribution >= 4 is 17.2 Å². The highest BCUT2D eigenvalue weighted by molar-refractivity contribution is 7.12. The van der Waals surface area contributed by atoms with Gasteiger partial charge in [-0.25, -0.2) is 0 Å². The molecule has 1 aliphatic carbocycles. The number of carbonyl (C=O) groups is 1. The second kappa shape index (κ2) is 5.57. The van der Waals surface area contributed by atoms with Crippen LogP contribution in [-0.2, 0) is 0 Å². The summed E-state index contributed by atoms with van der Waals surface area (Å²) in [6.45, 7) is 1.18. The molecule has 3 atom stereocenters. The van der Waals surface area contributed by atoms with Crippen molar-refractivity contribution in [3.8, 4) is 11.8 Å². The number of rotatable bonds is 1. The zero-order valence-corrected chi connectivity index (χ0v) is 11.9. The number of likely N-dealkylation sites (tertiary alicyclic amines) is 1. The van der Waals surface area contributed by atoms with Gasteiger partial charge in [0.2, 0.25) is 0 Å². The van der Waals surface area contributed by atoms with Crippen LogP contribution in [0.25, 0.3) is 0 Å². The van der Waals surface area contributed by atoms with Crippen molar-refractivity contribution in [3.63, 3.8) is 0 Å². The Kier molecular flexibility index (Phi) is 3.79. The minimum atomic E-state index is -0.255. The molecule has 0 radical (unpaired) electrons. The number of hydrogen-bond donors (Lipinski definition) is 2. The third-order valence-corrected chi connectivity index (χ3v) is 5.17. The number of thiophene rings is 1. The summed E-state index contributed by atoms with van der Waals surface area (Å²) >= 11 is 1.39. The first-order valence-electron chi connectivity index (χ1n) is 6.85. The summed E-state index contributed by atoms with van der Waals surface area (Å²) in [6.07, 6.45) is 1.62. The molecule has 1 aliphatic heterocycles. The van der Waals surface area contributed by atoms with Gasteiger partial charge < -0.3 is 15.1 Å². The van der Waals surface area contributed by atoms with E-state index in [4.69, 9.17) is 5.11 Å². The van der Waals surface area contributed by atoms with Crippen LogP contribution < -0.4 is 0 Å². The average molecular weight is 291 g/mol. The van der Waals surface area contributed by atoms with Crippen molar-refractivity contribution in [1.29, 1.82) is 0 Å². The highest BCUT2D eigenvalue weighted by atomic mass is 32.1. The van der Waals surface area contributed by atoms with E-state index in [-0.39, 0.29) is 24.5 Å². The van der Waals surface area contributed by atoms with Crippen LogP contribution in [0.4, 0.5) is 0 Å². The SMILES string of the molecule is O=C(c1sccc1C#CCO)N1CC2CCC(O)C2C1. The smallest absolute Gasteiger partial charge is 0.265 e. The Morgan fingerprint density at radius 2 is 2.30 bits per heavy atom. The summed E-state index contributed by atoms with van der Waals surface area (Å²) in [5.74, 6) is 6.10. The second-order valence-electron chi connectivity index (χ2n) is 5.40. The van der Waals surface area contributed by atoms with Gasteiger partial charge in [0.25, 0.3) is 5.91 Å². The van der Waals surface area contributed by atoms with E-state index >= 15 is 0 Å². The first-order chi connectivity index (χ1) is 9.70. The molecule has 2 aliphatic rings. The molecule has 1 aromatic heterocycles. The molecule has 1 aromatic rings. The summed E-state index contributed by atoms with van der Waals surface area (Å²) < 4.78 is 0. The number of nitrogens with zero attached hydrogens (tertiary/aromatic N) is 1. The third kappa shape index (κ3) is 2.35. The summed E-state index contributed by atoms with van der Waals surface area (Å²) in [5, 5.41) is 20.5. The molecule has 1 saturated heterocycles. The van der Waals surface area contributed by atoms with E-state index < -0.39 is 0 Å². The van der Waals surface area contributed by atoms with Gasteiger partial charge in [0, 0.05) is 24.6 Å². The second-order valence-corrected chi connectivity index (χ2v) is 6.32. The van der Waals surface area contributed by atoms with Crippen LogP contribution in [0.3, 0.4) is 0 Å².